The molecule has 0 atom stereocenters. The second-order valence-electron chi connectivity index (χ2n) is 3.77. The molecule has 0 unspecified atom stereocenters. The third kappa shape index (κ3) is 1.61. The molecule has 18 heavy (non-hydrogen) atoms. The molecule has 6 nitrogen and oxygen atoms in total. The first-order valence-electron chi connectivity index (χ1n) is 5.14. The number of hydrogen-bond donors (Lipinski definition) is 4. The number of imidazole rings is 2. The lowest BCUT2D eigenvalue weighted by atomic mass is 10.1. The second-order valence-corrected chi connectivity index (χ2v) is 4.18. The van der Waals surface area contributed by atoms with Crippen molar-refractivity contribution in [2.75, 3.05) is 0 Å². The molecular weight excluding hydrogens is 252 g/mol. The van der Waals surface area contributed by atoms with Crippen molar-refractivity contribution in [3.63, 3.8) is 0 Å². The Hall–Kier alpha value is -2.41. The molecule has 3 rings (SSSR count). The summed E-state index contributed by atoms with van der Waals surface area (Å²) in [6.07, 6.45) is 1.59. The van der Waals surface area contributed by atoms with Crippen molar-refractivity contribution in [3.8, 4) is 11.3 Å². The fourth-order valence-corrected chi connectivity index (χ4v) is 2.06. The van der Waals surface area contributed by atoms with Crippen molar-refractivity contribution in [2.45, 2.75) is 0 Å². The summed E-state index contributed by atoms with van der Waals surface area (Å²) in [6, 6.07) is 5.43. The molecule has 0 aliphatic heterocycles. The van der Waals surface area contributed by atoms with Crippen molar-refractivity contribution in [2.24, 2.45) is 0 Å². The summed E-state index contributed by atoms with van der Waals surface area (Å²) in [6.45, 7) is 0. The van der Waals surface area contributed by atoms with Crippen LogP contribution >= 0.6 is 12.2 Å². The molecule has 90 valence electrons. The quantitative estimate of drug-likeness (QED) is 0.531. The first-order valence-corrected chi connectivity index (χ1v) is 5.55. The van der Waals surface area contributed by atoms with Gasteiger partial charge in [0, 0.05) is 5.56 Å². The number of carbonyl (C=O) groups is 1. The van der Waals surface area contributed by atoms with Gasteiger partial charge in [-0.15, -0.1) is 0 Å². The smallest absolute Gasteiger partial charge is 0.354 e. The Labute approximate surface area is 106 Å². The molecule has 3 aromatic rings. The normalized spacial score (nSPS) is 10.9. The highest BCUT2D eigenvalue weighted by Crippen LogP contribution is 2.23. The first kappa shape index (κ1) is 10.7. The van der Waals surface area contributed by atoms with Gasteiger partial charge in [-0.1, -0.05) is 6.07 Å². The zero-order chi connectivity index (χ0) is 12.7. The van der Waals surface area contributed by atoms with Crippen LogP contribution in [0.15, 0.2) is 24.5 Å². The molecule has 0 saturated carbocycles. The van der Waals surface area contributed by atoms with Gasteiger partial charge in [0.1, 0.15) is 0 Å². The maximum absolute atomic E-state index is 11.1. The number of hydrogen-bond acceptors (Lipinski definition) is 3. The lowest BCUT2D eigenvalue weighted by Gasteiger charge is -2.00. The van der Waals surface area contributed by atoms with Gasteiger partial charge in [0.05, 0.1) is 23.1 Å². The number of aromatic nitrogens is 4. The Kier molecular flexibility index (Phi) is 2.27. The highest BCUT2D eigenvalue weighted by molar-refractivity contribution is 7.71. The molecule has 4 N–H and O–H groups in total. The fraction of sp³-hybridized carbons (Fsp3) is 0. The highest BCUT2D eigenvalue weighted by Gasteiger charge is 2.15. The van der Waals surface area contributed by atoms with E-state index in [2.05, 4.69) is 19.9 Å². The molecule has 0 saturated heterocycles. The summed E-state index contributed by atoms with van der Waals surface area (Å²) in [5.41, 5.74) is 2.91. The number of aromatic amines is 3. The number of aromatic carboxylic acids is 1. The van der Waals surface area contributed by atoms with E-state index in [-0.39, 0.29) is 10.5 Å². The van der Waals surface area contributed by atoms with Crippen LogP contribution in [0.4, 0.5) is 0 Å². The van der Waals surface area contributed by atoms with Crippen LogP contribution in [0.2, 0.25) is 0 Å². The van der Waals surface area contributed by atoms with Crippen molar-refractivity contribution in [1.29, 1.82) is 0 Å². The second kappa shape index (κ2) is 3.81. The van der Waals surface area contributed by atoms with E-state index < -0.39 is 5.97 Å². The SMILES string of the molecule is O=C(O)c1[nH]c(=S)[nH]c1-c1ccc2nc[nH]c2c1. The predicted molar refractivity (Wildman–Crippen MR) is 68.0 cm³/mol. The average molecular weight is 260 g/mol. The molecule has 2 aromatic heterocycles. The van der Waals surface area contributed by atoms with E-state index in [1.54, 1.807) is 12.4 Å². The van der Waals surface area contributed by atoms with Gasteiger partial charge >= 0.3 is 5.97 Å². The molecule has 0 aliphatic carbocycles. The van der Waals surface area contributed by atoms with Gasteiger partial charge < -0.3 is 20.1 Å². The molecule has 0 bridgehead atoms. The third-order valence-corrected chi connectivity index (χ3v) is 2.85. The van der Waals surface area contributed by atoms with Crippen molar-refractivity contribution < 1.29 is 9.90 Å². The monoisotopic (exact) mass is 260 g/mol. The Morgan fingerprint density at radius 2 is 2.17 bits per heavy atom. The number of nitrogens with one attached hydrogen (secondary N) is 3. The number of carboxylic acid groups (broad SMARTS) is 1. The lowest BCUT2D eigenvalue weighted by Crippen LogP contribution is -1.99. The summed E-state index contributed by atoms with van der Waals surface area (Å²) in [5, 5.41) is 9.10. The van der Waals surface area contributed by atoms with Crippen LogP contribution in [-0.4, -0.2) is 31.0 Å². The van der Waals surface area contributed by atoms with E-state index in [4.69, 9.17) is 17.3 Å². The van der Waals surface area contributed by atoms with Gasteiger partial charge in [0.2, 0.25) is 0 Å². The number of H-pyrrole nitrogens is 3. The summed E-state index contributed by atoms with van der Waals surface area (Å²) < 4.78 is 0.284. The van der Waals surface area contributed by atoms with Gasteiger partial charge in [-0.05, 0) is 24.4 Å². The van der Waals surface area contributed by atoms with Crippen LogP contribution in [0.5, 0.6) is 0 Å². The number of carboxylic acids is 1. The van der Waals surface area contributed by atoms with Gasteiger partial charge in [-0.2, -0.15) is 0 Å². The zero-order valence-corrected chi connectivity index (χ0v) is 9.84. The van der Waals surface area contributed by atoms with E-state index in [9.17, 15) is 4.79 Å². The van der Waals surface area contributed by atoms with Crippen LogP contribution < -0.4 is 0 Å². The van der Waals surface area contributed by atoms with E-state index in [1.807, 2.05) is 12.1 Å². The summed E-state index contributed by atoms with van der Waals surface area (Å²) in [7, 11) is 0. The van der Waals surface area contributed by atoms with Gasteiger partial charge in [-0.25, -0.2) is 9.78 Å². The number of nitrogens with zero attached hydrogens (tertiary/aromatic N) is 1. The predicted octanol–water partition coefficient (Wildman–Crippen LogP) is 2.31. The van der Waals surface area contributed by atoms with Crippen molar-refractivity contribution in [3.05, 3.63) is 35.0 Å². The van der Waals surface area contributed by atoms with Crippen LogP contribution in [0, 0.1) is 4.77 Å². The number of fused-ring (bicyclic) bond motifs is 1. The highest BCUT2D eigenvalue weighted by atomic mass is 32.1. The lowest BCUT2D eigenvalue weighted by molar-refractivity contribution is 0.0692. The summed E-state index contributed by atoms with van der Waals surface area (Å²) in [4.78, 5) is 23.6. The molecule has 1 aromatic carbocycles. The minimum Gasteiger partial charge on any atom is -0.477 e. The molecule has 0 amide bonds. The summed E-state index contributed by atoms with van der Waals surface area (Å²) in [5.74, 6) is -1.05. The van der Waals surface area contributed by atoms with E-state index in [0.717, 1.165) is 16.6 Å². The molecule has 2 heterocycles. The van der Waals surface area contributed by atoms with E-state index >= 15 is 0 Å². The maximum atomic E-state index is 11.1. The largest absolute Gasteiger partial charge is 0.477 e. The van der Waals surface area contributed by atoms with Crippen LogP contribution in [0.1, 0.15) is 10.5 Å². The Morgan fingerprint density at radius 1 is 1.33 bits per heavy atom. The molecule has 0 aliphatic rings. The number of benzene rings is 1. The zero-order valence-electron chi connectivity index (χ0n) is 9.02. The van der Waals surface area contributed by atoms with Gasteiger partial charge in [0.15, 0.2) is 10.5 Å². The van der Waals surface area contributed by atoms with Crippen LogP contribution in [-0.2, 0) is 0 Å². The molecule has 0 fully saturated rings. The molecule has 0 radical (unpaired) electrons. The Morgan fingerprint density at radius 3 is 2.94 bits per heavy atom. The van der Waals surface area contributed by atoms with Crippen LogP contribution in [0.25, 0.3) is 22.3 Å². The Balaban J connectivity index is 2.24. The minimum absolute atomic E-state index is 0.0545. The molecular formula is C11H8N4O2S. The van der Waals surface area contributed by atoms with Gasteiger partial charge in [0.25, 0.3) is 0 Å². The molecule has 0 spiro atoms. The Bertz CT molecular complexity index is 799. The first-order chi connectivity index (χ1) is 8.65. The minimum atomic E-state index is -1.05. The number of rotatable bonds is 2. The standard InChI is InChI=1S/C11H8N4O2S/c16-10(17)9-8(14-11(18)15-9)5-1-2-6-7(3-5)13-4-12-6/h1-4H,(H,12,13)(H,16,17)(H2,14,15,18). The van der Waals surface area contributed by atoms with Crippen molar-refractivity contribution >= 4 is 29.2 Å². The van der Waals surface area contributed by atoms with E-state index in [0.29, 0.717) is 5.69 Å². The topological polar surface area (TPSA) is 97.6 Å². The van der Waals surface area contributed by atoms with Crippen molar-refractivity contribution in [1.82, 2.24) is 19.9 Å². The van der Waals surface area contributed by atoms with Gasteiger partial charge in [-0.3, -0.25) is 0 Å². The maximum Gasteiger partial charge on any atom is 0.354 e. The summed E-state index contributed by atoms with van der Waals surface area (Å²) >= 11 is 4.92. The van der Waals surface area contributed by atoms with E-state index in [1.165, 1.54) is 0 Å². The molecule has 7 heteroatoms. The average Bonchev–Trinajstić information content (AvgIpc) is 2.93. The fourth-order valence-electron chi connectivity index (χ4n) is 1.85. The van der Waals surface area contributed by atoms with Crippen LogP contribution in [0.3, 0.4) is 0 Å². The third-order valence-electron chi connectivity index (χ3n) is 2.65.